The van der Waals surface area contributed by atoms with Crippen LogP contribution in [0.5, 0.6) is 11.5 Å². The van der Waals surface area contributed by atoms with Crippen LogP contribution in [0.4, 0.5) is 16.2 Å². The van der Waals surface area contributed by atoms with E-state index in [9.17, 15) is 4.79 Å². The van der Waals surface area contributed by atoms with Gasteiger partial charge in [0.25, 0.3) is 0 Å². The summed E-state index contributed by atoms with van der Waals surface area (Å²) in [5, 5.41) is 3.65. The quantitative estimate of drug-likeness (QED) is 0.892. The first-order chi connectivity index (χ1) is 12.2. The van der Waals surface area contributed by atoms with Crippen LogP contribution in [-0.2, 0) is 0 Å². The van der Waals surface area contributed by atoms with Gasteiger partial charge in [0.15, 0.2) is 11.5 Å². The molecule has 1 saturated heterocycles. The van der Waals surface area contributed by atoms with Crippen molar-refractivity contribution in [2.45, 2.75) is 0 Å². The van der Waals surface area contributed by atoms with Crippen LogP contribution in [0, 0.1) is 0 Å². The predicted molar refractivity (Wildman–Crippen MR) is 96.8 cm³/mol. The highest BCUT2D eigenvalue weighted by Gasteiger charge is 2.22. The summed E-state index contributed by atoms with van der Waals surface area (Å²) in [4.78, 5) is 16.5. The zero-order chi connectivity index (χ0) is 17.2. The van der Waals surface area contributed by atoms with E-state index in [1.54, 1.807) is 12.1 Å². The Balaban J connectivity index is 1.34. The second-order valence-corrected chi connectivity index (χ2v) is 6.39. The number of rotatable bonds is 2. The molecular weight excluding hydrogens is 342 g/mol. The van der Waals surface area contributed by atoms with Crippen LogP contribution in [0.25, 0.3) is 0 Å². The lowest BCUT2D eigenvalue weighted by atomic mass is 10.2. The van der Waals surface area contributed by atoms with Gasteiger partial charge in [-0.1, -0.05) is 11.6 Å². The minimum atomic E-state index is -0.102. The maximum Gasteiger partial charge on any atom is 0.321 e. The van der Waals surface area contributed by atoms with Gasteiger partial charge in [0.1, 0.15) is 0 Å². The van der Waals surface area contributed by atoms with E-state index in [1.165, 1.54) is 0 Å². The summed E-state index contributed by atoms with van der Waals surface area (Å²) in [7, 11) is 0. The number of hydrogen-bond acceptors (Lipinski definition) is 4. The SMILES string of the molecule is O=C(Nc1ccc2c(c1)OCO2)N1CCN(c2ccc(Cl)cc2)CC1. The van der Waals surface area contributed by atoms with Crippen LogP contribution in [0.2, 0.25) is 5.02 Å². The molecule has 130 valence electrons. The molecule has 1 fully saturated rings. The molecule has 0 atom stereocenters. The first-order valence-electron chi connectivity index (χ1n) is 8.15. The number of nitrogens with one attached hydrogen (secondary N) is 1. The van der Waals surface area contributed by atoms with Crippen molar-refractivity contribution in [3.05, 3.63) is 47.5 Å². The number of hydrogen-bond donors (Lipinski definition) is 1. The van der Waals surface area contributed by atoms with Gasteiger partial charge in [-0.2, -0.15) is 0 Å². The lowest BCUT2D eigenvalue weighted by Gasteiger charge is -2.36. The van der Waals surface area contributed by atoms with Crippen molar-refractivity contribution in [3.63, 3.8) is 0 Å². The number of benzene rings is 2. The summed E-state index contributed by atoms with van der Waals surface area (Å²) in [6, 6.07) is 13.1. The minimum absolute atomic E-state index is 0.102. The number of nitrogens with zero attached hydrogens (tertiary/aromatic N) is 2. The monoisotopic (exact) mass is 359 g/mol. The second-order valence-electron chi connectivity index (χ2n) is 5.95. The lowest BCUT2D eigenvalue weighted by molar-refractivity contribution is 0.174. The van der Waals surface area contributed by atoms with Crippen molar-refractivity contribution in [1.82, 2.24) is 4.90 Å². The minimum Gasteiger partial charge on any atom is -0.454 e. The molecule has 6 nitrogen and oxygen atoms in total. The zero-order valence-electron chi connectivity index (χ0n) is 13.6. The summed E-state index contributed by atoms with van der Waals surface area (Å²) >= 11 is 5.93. The standard InChI is InChI=1S/C18H18ClN3O3/c19-13-1-4-15(5-2-13)21-7-9-22(10-8-21)18(23)20-14-3-6-16-17(11-14)25-12-24-16/h1-6,11H,7-10,12H2,(H,20,23). The molecule has 2 aliphatic heterocycles. The molecule has 0 bridgehead atoms. The van der Waals surface area contributed by atoms with E-state index in [2.05, 4.69) is 10.2 Å². The van der Waals surface area contributed by atoms with Crippen molar-refractivity contribution in [2.75, 3.05) is 43.2 Å². The Bertz CT molecular complexity index is 774. The molecular formula is C18H18ClN3O3. The third-order valence-electron chi connectivity index (χ3n) is 4.38. The fourth-order valence-electron chi connectivity index (χ4n) is 3.00. The number of ether oxygens (including phenoxy) is 2. The van der Waals surface area contributed by atoms with Gasteiger partial charge in [-0.15, -0.1) is 0 Å². The van der Waals surface area contributed by atoms with Crippen LogP contribution in [-0.4, -0.2) is 43.9 Å². The number of urea groups is 1. The fraction of sp³-hybridized carbons (Fsp3) is 0.278. The third-order valence-corrected chi connectivity index (χ3v) is 4.63. The number of fused-ring (bicyclic) bond motifs is 1. The van der Waals surface area contributed by atoms with Gasteiger partial charge in [-0.05, 0) is 36.4 Å². The van der Waals surface area contributed by atoms with Crippen LogP contribution in [0.1, 0.15) is 0 Å². The Kier molecular flexibility index (Phi) is 4.28. The zero-order valence-corrected chi connectivity index (χ0v) is 14.3. The Hall–Kier alpha value is -2.60. The average molecular weight is 360 g/mol. The van der Waals surface area contributed by atoms with E-state index in [-0.39, 0.29) is 12.8 Å². The van der Waals surface area contributed by atoms with Gasteiger partial charge < -0.3 is 24.6 Å². The Labute approximate surface area is 150 Å². The smallest absolute Gasteiger partial charge is 0.321 e. The van der Waals surface area contributed by atoms with E-state index >= 15 is 0 Å². The van der Waals surface area contributed by atoms with Crippen LogP contribution in [0.15, 0.2) is 42.5 Å². The van der Waals surface area contributed by atoms with Crippen molar-refractivity contribution in [2.24, 2.45) is 0 Å². The van der Waals surface area contributed by atoms with Gasteiger partial charge >= 0.3 is 6.03 Å². The molecule has 0 aromatic heterocycles. The first kappa shape index (κ1) is 15.9. The molecule has 7 heteroatoms. The molecule has 0 spiro atoms. The Morgan fingerprint density at radius 1 is 0.960 bits per heavy atom. The van der Waals surface area contributed by atoms with E-state index in [1.807, 2.05) is 35.2 Å². The molecule has 1 N–H and O–H groups in total. The molecule has 0 saturated carbocycles. The largest absolute Gasteiger partial charge is 0.454 e. The molecule has 25 heavy (non-hydrogen) atoms. The molecule has 2 aromatic rings. The van der Waals surface area contributed by atoms with Gasteiger partial charge in [-0.3, -0.25) is 0 Å². The summed E-state index contributed by atoms with van der Waals surface area (Å²) in [6.45, 7) is 3.13. The van der Waals surface area contributed by atoms with Gasteiger partial charge in [0.05, 0.1) is 0 Å². The lowest BCUT2D eigenvalue weighted by Crippen LogP contribution is -2.50. The maximum atomic E-state index is 12.5. The highest BCUT2D eigenvalue weighted by Crippen LogP contribution is 2.34. The number of amides is 2. The molecule has 0 unspecified atom stereocenters. The molecule has 2 aromatic carbocycles. The topological polar surface area (TPSA) is 54.0 Å². The number of carbonyl (C=O) groups excluding carboxylic acids is 1. The molecule has 2 amide bonds. The summed E-state index contributed by atoms with van der Waals surface area (Å²) in [5.74, 6) is 1.36. The van der Waals surface area contributed by atoms with Crippen molar-refractivity contribution in [1.29, 1.82) is 0 Å². The molecule has 0 aliphatic carbocycles. The van der Waals surface area contributed by atoms with E-state index in [4.69, 9.17) is 21.1 Å². The fourth-order valence-corrected chi connectivity index (χ4v) is 3.12. The Morgan fingerprint density at radius 3 is 2.44 bits per heavy atom. The van der Waals surface area contributed by atoms with Crippen LogP contribution < -0.4 is 19.7 Å². The van der Waals surface area contributed by atoms with Crippen LogP contribution >= 0.6 is 11.6 Å². The third kappa shape index (κ3) is 3.44. The average Bonchev–Trinajstić information content (AvgIpc) is 3.10. The first-order valence-corrected chi connectivity index (χ1v) is 8.53. The summed E-state index contributed by atoms with van der Waals surface area (Å²) in [5.41, 5.74) is 1.83. The van der Waals surface area contributed by atoms with E-state index in [0.29, 0.717) is 30.3 Å². The summed E-state index contributed by atoms with van der Waals surface area (Å²) < 4.78 is 10.6. The van der Waals surface area contributed by atoms with Gasteiger partial charge in [-0.25, -0.2) is 4.79 Å². The van der Waals surface area contributed by atoms with E-state index in [0.717, 1.165) is 23.8 Å². The number of piperazine rings is 1. The molecule has 2 aliphatic rings. The maximum absolute atomic E-state index is 12.5. The van der Waals surface area contributed by atoms with Crippen LogP contribution in [0.3, 0.4) is 0 Å². The normalized spacial score (nSPS) is 16.0. The molecule has 2 heterocycles. The number of anilines is 2. The summed E-state index contributed by atoms with van der Waals surface area (Å²) in [6.07, 6.45) is 0. The highest BCUT2D eigenvalue weighted by molar-refractivity contribution is 6.30. The predicted octanol–water partition coefficient (Wildman–Crippen LogP) is 3.42. The number of carbonyl (C=O) groups is 1. The highest BCUT2D eigenvalue weighted by atomic mass is 35.5. The Morgan fingerprint density at radius 2 is 1.68 bits per heavy atom. The van der Waals surface area contributed by atoms with Crippen molar-refractivity contribution < 1.29 is 14.3 Å². The van der Waals surface area contributed by atoms with E-state index < -0.39 is 0 Å². The van der Waals surface area contributed by atoms with Gasteiger partial charge in [0, 0.05) is 48.6 Å². The molecule has 0 radical (unpaired) electrons. The second kappa shape index (κ2) is 6.72. The van der Waals surface area contributed by atoms with Gasteiger partial charge in [0.2, 0.25) is 6.79 Å². The number of halogens is 1. The molecule has 4 rings (SSSR count). The van der Waals surface area contributed by atoms with Crippen molar-refractivity contribution in [3.8, 4) is 11.5 Å². The van der Waals surface area contributed by atoms with Crippen molar-refractivity contribution >= 4 is 29.0 Å².